The summed E-state index contributed by atoms with van der Waals surface area (Å²) in [5, 5.41) is 4.80. The summed E-state index contributed by atoms with van der Waals surface area (Å²) in [5.41, 5.74) is 20.7. The zero-order valence-electron chi connectivity index (χ0n) is 37.2. The molecule has 14 rings (SSSR count). The number of rotatable bonds is 3. The molecule has 10 aromatic rings. The highest BCUT2D eigenvalue weighted by Gasteiger charge is 2.53. The summed E-state index contributed by atoms with van der Waals surface area (Å²) >= 11 is 0. The summed E-state index contributed by atoms with van der Waals surface area (Å²) in [4.78, 5) is 5.36. The van der Waals surface area contributed by atoms with Crippen LogP contribution in [0.1, 0.15) is 73.9 Å². The Kier molecular flexibility index (Phi) is 7.38. The fourth-order valence-corrected chi connectivity index (χ4v) is 12.9. The Labute approximate surface area is 380 Å². The number of hydrogen-bond acceptors (Lipinski definition) is 3. The normalized spacial score (nSPS) is 16.8. The van der Waals surface area contributed by atoms with Crippen LogP contribution >= 0.6 is 0 Å². The van der Waals surface area contributed by atoms with Crippen molar-refractivity contribution < 1.29 is 4.42 Å². The summed E-state index contributed by atoms with van der Waals surface area (Å²) in [5.74, 6) is 0. The van der Waals surface area contributed by atoms with Crippen molar-refractivity contribution in [2.24, 2.45) is 0 Å². The SMILES string of the molecule is CC1(C)CCC(C)(C)c2cc(N3B4c5cccc6c5N(c5ccccc5C6(c5ccccc5)c5ccccc5)c5cc6ccccc6c(c54)-c4c3ccc3oc5ccccc5c43)ccc21. The number of para-hydroxylation sites is 3. The average molecular weight is 835 g/mol. The Hall–Kier alpha value is -7.30. The third-order valence-corrected chi connectivity index (χ3v) is 15.9. The third-order valence-electron chi connectivity index (χ3n) is 15.9. The molecular formula is C61H47BN2O. The molecule has 3 nitrogen and oxygen atoms in total. The van der Waals surface area contributed by atoms with Crippen LogP contribution in [-0.4, -0.2) is 6.85 Å². The van der Waals surface area contributed by atoms with E-state index < -0.39 is 5.41 Å². The van der Waals surface area contributed by atoms with E-state index in [9.17, 15) is 0 Å². The molecule has 0 fully saturated rings. The summed E-state index contributed by atoms with van der Waals surface area (Å²) in [6, 6.07) is 71.0. The first-order chi connectivity index (χ1) is 31.8. The van der Waals surface area contributed by atoms with Crippen LogP contribution in [0.15, 0.2) is 192 Å². The first kappa shape index (κ1) is 37.1. The number of benzene rings is 9. The Morgan fingerprint density at radius 2 is 1.14 bits per heavy atom. The van der Waals surface area contributed by atoms with Crippen molar-refractivity contribution in [3.8, 4) is 11.1 Å². The average Bonchev–Trinajstić information content (AvgIpc) is 3.73. The van der Waals surface area contributed by atoms with Gasteiger partial charge in [-0.3, -0.25) is 0 Å². The molecule has 0 N–H and O–H groups in total. The molecule has 4 heteroatoms. The van der Waals surface area contributed by atoms with Crippen molar-refractivity contribution in [3.63, 3.8) is 0 Å². The summed E-state index contributed by atoms with van der Waals surface area (Å²) in [6.45, 7) is 9.62. The smallest absolute Gasteiger partial charge is 0.333 e. The molecule has 3 aliphatic heterocycles. The van der Waals surface area contributed by atoms with E-state index in [0.29, 0.717) is 0 Å². The molecule has 4 heterocycles. The highest BCUT2D eigenvalue weighted by Crippen LogP contribution is 2.60. The highest BCUT2D eigenvalue weighted by atomic mass is 16.3. The zero-order valence-corrected chi connectivity index (χ0v) is 37.2. The Morgan fingerprint density at radius 3 is 1.92 bits per heavy atom. The lowest BCUT2D eigenvalue weighted by atomic mass is 9.42. The lowest BCUT2D eigenvalue weighted by Crippen LogP contribution is -2.62. The first-order valence-corrected chi connectivity index (χ1v) is 23.3. The van der Waals surface area contributed by atoms with Gasteiger partial charge in [0.2, 0.25) is 0 Å². The van der Waals surface area contributed by atoms with Gasteiger partial charge in [-0.1, -0.05) is 173 Å². The van der Waals surface area contributed by atoms with E-state index in [1.165, 1.54) is 106 Å². The maximum absolute atomic E-state index is 6.76. The summed E-state index contributed by atoms with van der Waals surface area (Å²) in [7, 11) is 0. The van der Waals surface area contributed by atoms with Crippen molar-refractivity contribution in [3.05, 3.63) is 221 Å². The van der Waals surface area contributed by atoms with Crippen LogP contribution in [0.3, 0.4) is 0 Å². The minimum atomic E-state index is -0.584. The fraction of sp³-hybridized carbons (Fsp3) is 0.148. The second kappa shape index (κ2) is 12.9. The van der Waals surface area contributed by atoms with Crippen LogP contribution in [0, 0.1) is 0 Å². The molecule has 65 heavy (non-hydrogen) atoms. The highest BCUT2D eigenvalue weighted by molar-refractivity contribution is 6.94. The van der Waals surface area contributed by atoms with Crippen molar-refractivity contribution in [1.29, 1.82) is 0 Å². The van der Waals surface area contributed by atoms with Gasteiger partial charge in [0.15, 0.2) is 0 Å². The predicted molar refractivity (Wildman–Crippen MR) is 272 cm³/mol. The molecule has 1 aromatic heterocycles. The van der Waals surface area contributed by atoms with Gasteiger partial charge >= 0.3 is 6.85 Å². The lowest BCUT2D eigenvalue weighted by molar-refractivity contribution is 0.332. The topological polar surface area (TPSA) is 19.6 Å². The van der Waals surface area contributed by atoms with Crippen LogP contribution in [0.4, 0.5) is 28.4 Å². The number of nitrogens with zero attached hydrogens (tertiary/aromatic N) is 2. The molecule has 0 radical (unpaired) electrons. The van der Waals surface area contributed by atoms with E-state index in [-0.39, 0.29) is 17.7 Å². The van der Waals surface area contributed by atoms with Gasteiger partial charge in [0.05, 0.1) is 11.1 Å². The van der Waals surface area contributed by atoms with Crippen LogP contribution < -0.4 is 20.6 Å². The largest absolute Gasteiger partial charge is 0.456 e. The number of fused-ring (bicyclic) bond motifs is 13. The van der Waals surface area contributed by atoms with Crippen molar-refractivity contribution in [2.45, 2.75) is 56.8 Å². The molecule has 0 unspecified atom stereocenters. The van der Waals surface area contributed by atoms with Gasteiger partial charge in [0.1, 0.15) is 11.2 Å². The van der Waals surface area contributed by atoms with Crippen LogP contribution in [-0.2, 0) is 16.2 Å². The first-order valence-electron chi connectivity index (χ1n) is 23.3. The maximum atomic E-state index is 6.76. The van der Waals surface area contributed by atoms with Gasteiger partial charge in [-0.05, 0) is 127 Å². The minimum absolute atomic E-state index is 0.0351. The van der Waals surface area contributed by atoms with Gasteiger partial charge in [0, 0.05) is 39.1 Å². The maximum Gasteiger partial charge on any atom is 0.333 e. The van der Waals surface area contributed by atoms with Gasteiger partial charge < -0.3 is 14.1 Å². The zero-order chi connectivity index (χ0) is 43.4. The fourth-order valence-electron chi connectivity index (χ4n) is 12.9. The second-order valence-electron chi connectivity index (χ2n) is 20.2. The summed E-state index contributed by atoms with van der Waals surface area (Å²) in [6.07, 6.45) is 2.33. The Bertz CT molecular complexity index is 3600. The molecule has 310 valence electrons. The van der Waals surface area contributed by atoms with E-state index >= 15 is 0 Å². The van der Waals surface area contributed by atoms with E-state index in [4.69, 9.17) is 4.42 Å². The molecule has 0 amide bonds. The van der Waals surface area contributed by atoms with Gasteiger partial charge in [-0.2, -0.15) is 0 Å². The minimum Gasteiger partial charge on any atom is -0.456 e. The van der Waals surface area contributed by atoms with Gasteiger partial charge in [-0.25, -0.2) is 0 Å². The van der Waals surface area contributed by atoms with Crippen molar-refractivity contribution >= 4 is 78.9 Å². The van der Waals surface area contributed by atoms with E-state index in [0.717, 1.165) is 23.0 Å². The van der Waals surface area contributed by atoms with Crippen molar-refractivity contribution in [2.75, 3.05) is 9.71 Å². The second-order valence-corrected chi connectivity index (χ2v) is 20.2. The quantitative estimate of drug-likeness (QED) is 0.165. The lowest BCUT2D eigenvalue weighted by Gasteiger charge is -2.52. The number of furan rings is 1. The molecule has 4 aliphatic rings. The Balaban J connectivity index is 1.18. The molecule has 0 saturated carbocycles. The Morgan fingerprint density at radius 1 is 0.477 bits per heavy atom. The molecule has 0 spiro atoms. The van der Waals surface area contributed by atoms with Crippen LogP contribution in [0.5, 0.6) is 0 Å². The van der Waals surface area contributed by atoms with Gasteiger partial charge in [-0.15, -0.1) is 0 Å². The van der Waals surface area contributed by atoms with Gasteiger partial charge in [0.25, 0.3) is 0 Å². The predicted octanol–water partition coefficient (Wildman–Crippen LogP) is 14.5. The molecule has 0 atom stereocenters. The van der Waals surface area contributed by atoms with E-state index in [1.807, 2.05) is 0 Å². The van der Waals surface area contributed by atoms with Crippen LogP contribution in [0.2, 0.25) is 0 Å². The molecular weight excluding hydrogens is 787 g/mol. The monoisotopic (exact) mass is 834 g/mol. The molecule has 0 bridgehead atoms. The standard InChI is InChI=1S/C61H47BN2O/c1-59(2)34-35-60(3,4)47-37-41(30-31-44(47)59)64-50-32-33-53-54(43-24-13-16-29-52(43)65-53)56(50)55-42-23-12-11-18-38(42)36-51-57(55)62(64)48-27-17-26-46-58(48)63(51)49-28-15-14-25-45(49)61(46,39-19-7-5-8-20-39)40-21-9-6-10-22-40/h5-33,36-37H,34-35H2,1-4H3. The van der Waals surface area contributed by atoms with Crippen molar-refractivity contribution in [1.82, 2.24) is 0 Å². The molecule has 0 saturated heterocycles. The van der Waals surface area contributed by atoms with Crippen LogP contribution in [0.25, 0.3) is 43.8 Å². The molecule has 1 aliphatic carbocycles. The van der Waals surface area contributed by atoms with E-state index in [2.05, 4.69) is 225 Å². The number of hydrogen-bond donors (Lipinski definition) is 0. The summed E-state index contributed by atoms with van der Waals surface area (Å²) < 4.78 is 6.76. The molecule has 9 aromatic carbocycles. The third kappa shape index (κ3) is 4.77. The number of anilines is 5. The van der Waals surface area contributed by atoms with E-state index in [1.54, 1.807) is 0 Å².